The summed E-state index contributed by atoms with van der Waals surface area (Å²) in [4.78, 5) is 39.0. The van der Waals surface area contributed by atoms with Crippen molar-refractivity contribution in [2.24, 2.45) is 11.1 Å². The Bertz CT molecular complexity index is 622. The quantitative estimate of drug-likeness (QED) is 0.809. The molecule has 0 atom stereocenters. The zero-order valence-corrected chi connectivity index (χ0v) is 14.6. The Kier molecular flexibility index (Phi) is 6.01. The highest BCUT2D eigenvalue weighted by molar-refractivity contribution is 5.94. The second-order valence-electron chi connectivity index (χ2n) is 6.54. The first-order valence-electron chi connectivity index (χ1n) is 8.20. The van der Waals surface area contributed by atoms with Gasteiger partial charge in [-0.2, -0.15) is 0 Å². The van der Waals surface area contributed by atoms with E-state index in [1.807, 2.05) is 18.2 Å². The lowest BCUT2D eigenvalue weighted by molar-refractivity contribution is -0.140. The number of rotatable bonds is 6. The van der Waals surface area contributed by atoms with Gasteiger partial charge in [0.2, 0.25) is 11.8 Å². The largest absolute Gasteiger partial charge is 0.484 e. The van der Waals surface area contributed by atoms with E-state index < -0.39 is 11.3 Å². The van der Waals surface area contributed by atoms with Crippen molar-refractivity contribution in [1.29, 1.82) is 0 Å². The molecule has 2 N–H and O–H groups in total. The fourth-order valence-electron chi connectivity index (χ4n) is 2.40. The van der Waals surface area contributed by atoms with Crippen LogP contribution in [0.5, 0.6) is 5.75 Å². The maximum atomic E-state index is 12.2. The highest BCUT2D eigenvalue weighted by Crippen LogP contribution is 2.20. The van der Waals surface area contributed by atoms with Gasteiger partial charge in [0.05, 0.1) is 11.8 Å². The summed E-state index contributed by atoms with van der Waals surface area (Å²) in [7, 11) is 0. The predicted molar refractivity (Wildman–Crippen MR) is 92.4 cm³/mol. The van der Waals surface area contributed by atoms with E-state index in [-0.39, 0.29) is 18.4 Å². The van der Waals surface area contributed by atoms with Crippen LogP contribution in [-0.2, 0) is 14.4 Å². The molecule has 3 amide bonds. The molecule has 0 unspecified atom stereocenters. The average molecular weight is 346 g/mol. The monoisotopic (exact) mass is 346 g/mol. The molecule has 0 spiro atoms. The number of nitrogens with two attached hydrogens (primary N) is 1. The first-order chi connectivity index (χ1) is 11.8. The first-order valence-corrected chi connectivity index (χ1v) is 8.20. The standard InChI is InChI=1S/C18H24N3O4/c1-18(2,17(19)24)12-15(22)20-8-10-21(11-9-20)16(23)13-25-14-6-4-3-5-7-14/h3-7,12H,8-11,13H2,1-2H3,(H2,19,24). The minimum Gasteiger partial charge on any atom is -0.484 e. The van der Waals surface area contributed by atoms with Crippen LogP contribution in [0, 0.1) is 11.8 Å². The van der Waals surface area contributed by atoms with E-state index in [1.54, 1.807) is 35.8 Å². The van der Waals surface area contributed by atoms with E-state index in [4.69, 9.17) is 10.5 Å². The summed E-state index contributed by atoms with van der Waals surface area (Å²) in [5.41, 5.74) is 4.29. The van der Waals surface area contributed by atoms with Crippen LogP contribution in [0.3, 0.4) is 0 Å². The molecule has 7 nitrogen and oxygen atoms in total. The van der Waals surface area contributed by atoms with E-state index in [0.717, 1.165) is 0 Å². The number of amides is 3. The Morgan fingerprint density at radius 1 is 1.08 bits per heavy atom. The lowest BCUT2D eigenvalue weighted by Gasteiger charge is -2.35. The van der Waals surface area contributed by atoms with Crippen molar-refractivity contribution >= 4 is 17.7 Å². The number of carbonyl (C=O) groups excluding carboxylic acids is 3. The molecule has 0 aliphatic carbocycles. The summed E-state index contributed by atoms with van der Waals surface area (Å²) >= 11 is 0. The summed E-state index contributed by atoms with van der Waals surface area (Å²) in [6.45, 7) is 4.89. The summed E-state index contributed by atoms with van der Waals surface area (Å²) in [6, 6.07) is 9.14. The Balaban J connectivity index is 1.78. The molecular formula is C18H24N3O4. The third-order valence-corrected chi connectivity index (χ3v) is 4.17. The van der Waals surface area contributed by atoms with Gasteiger partial charge in [-0.05, 0) is 12.1 Å². The van der Waals surface area contributed by atoms with Gasteiger partial charge >= 0.3 is 0 Å². The van der Waals surface area contributed by atoms with Crippen LogP contribution in [0.15, 0.2) is 30.3 Å². The number of benzene rings is 1. The van der Waals surface area contributed by atoms with Crippen LogP contribution >= 0.6 is 0 Å². The normalized spacial score (nSPS) is 15.0. The lowest BCUT2D eigenvalue weighted by Crippen LogP contribution is -2.52. The Labute approximate surface area is 147 Å². The van der Waals surface area contributed by atoms with E-state index in [1.165, 1.54) is 6.42 Å². The van der Waals surface area contributed by atoms with Crippen LogP contribution in [-0.4, -0.2) is 60.3 Å². The van der Waals surface area contributed by atoms with Crippen LogP contribution < -0.4 is 10.5 Å². The van der Waals surface area contributed by atoms with Crippen molar-refractivity contribution in [2.45, 2.75) is 13.8 Å². The van der Waals surface area contributed by atoms with Gasteiger partial charge < -0.3 is 20.3 Å². The summed E-state index contributed by atoms with van der Waals surface area (Å²) < 4.78 is 5.46. The maximum Gasteiger partial charge on any atom is 0.260 e. The van der Waals surface area contributed by atoms with E-state index >= 15 is 0 Å². The highest BCUT2D eigenvalue weighted by Gasteiger charge is 2.32. The summed E-state index contributed by atoms with van der Waals surface area (Å²) in [5, 5.41) is 0. The smallest absolute Gasteiger partial charge is 0.260 e. The Hall–Kier alpha value is -2.57. The van der Waals surface area contributed by atoms with Gasteiger partial charge in [0, 0.05) is 26.2 Å². The van der Waals surface area contributed by atoms with Crippen molar-refractivity contribution in [2.75, 3.05) is 32.8 Å². The fourth-order valence-corrected chi connectivity index (χ4v) is 2.40. The van der Waals surface area contributed by atoms with Crippen molar-refractivity contribution in [3.05, 3.63) is 36.8 Å². The van der Waals surface area contributed by atoms with Crippen molar-refractivity contribution in [1.82, 2.24) is 9.80 Å². The molecular weight excluding hydrogens is 322 g/mol. The average Bonchev–Trinajstić information content (AvgIpc) is 2.60. The Morgan fingerprint density at radius 3 is 2.20 bits per heavy atom. The molecule has 2 rings (SSSR count). The summed E-state index contributed by atoms with van der Waals surface area (Å²) in [6.07, 6.45) is 1.34. The minimum atomic E-state index is -0.992. The van der Waals surface area contributed by atoms with Crippen LogP contribution in [0.2, 0.25) is 0 Å². The van der Waals surface area contributed by atoms with Crippen molar-refractivity contribution in [3.8, 4) is 5.75 Å². The van der Waals surface area contributed by atoms with E-state index in [9.17, 15) is 14.4 Å². The molecule has 1 aromatic rings. The first kappa shape index (κ1) is 18.8. The maximum absolute atomic E-state index is 12.2. The van der Waals surface area contributed by atoms with Crippen molar-refractivity contribution < 1.29 is 19.1 Å². The molecule has 1 saturated heterocycles. The van der Waals surface area contributed by atoms with Crippen LogP contribution in [0.25, 0.3) is 0 Å². The number of nitrogens with zero attached hydrogens (tertiary/aromatic N) is 2. The SMILES string of the molecule is CC(C)([CH]C(=O)N1CCN(C(=O)COc2ccccc2)CC1)C(N)=O. The molecule has 0 aromatic heterocycles. The van der Waals surface area contributed by atoms with Gasteiger partial charge in [0.1, 0.15) is 5.75 Å². The van der Waals surface area contributed by atoms with Crippen LogP contribution in [0.1, 0.15) is 13.8 Å². The topological polar surface area (TPSA) is 92.9 Å². The van der Waals surface area contributed by atoms with Gasteiger partial charge in [-0.15, -0.1) is 0 Å². The van der Waals surface area contributed by atoms with Gasteiger partial charge in [-0.3, -0.25) is 14.4 Å². The van der Waals surface area contributed by atoms with Gasteiger partial charge in [-0.25, -0.2) is 0 Å². The molecule has 1 aliphatic heterocycles. The fraction of sp³-hybridized carbons (Fsp3) is 0.444. The molecule has 7 heteroatoms. The number of ether oxygens (including phenoxy) is 1. The van der Waals surface area contributed by atoms with Crippen LogP contribution in [0.4, 0.5) is 0 Å². The van der Waals surface area contributed by atoms with Gasteiger partial charge in [0.25, 0.3) is 5.91 Å². The number of hydrogen-bond donors (Lipinski definition) is 1. The van der Waals surface area contributed by atoms with Gasteiger partial charge in [0.15, 0.2) is 6.61 Å². The molecule has 1 radical (unpaired) electrons. The molecule has 1 aliphatic rings. The number of piperazine rings is 1. The zero-order valence-electron chi connectivity index (χ0n) is 14.6. The predicted octanol–water partition coefficient (Wildman–Crippen LogP) is 0.452. The number of carbonyl (C=O) groups is 3. The highest BCUT2D eigenvalue weighted by atomic mass is 16.5. The molecule has 1 fully saturated rings. The molecule has 1 aromatic carbocycles. The molecule has 25 heavy (non-hydrogen) atoms. The van der Waals surface area contributed by atoms with Gasteiger partial charge in [-0.1, -0.05) is 32.0 Å². The summed E-state index contributed by atoms with van der Waals surface area (Å²) in [5.74, 6) is -0.255. The second-order valence-corrected chi connectivity index (χ2v) is 6.54. The molecule has 135 valence electrons. The Morgan fingerprint density at radius 2 is 1.64 bits per heavy atom. The van der Waals surface area contributed by atoms with E-state index in [2.05, 4.69) is 0 Å². The molecule has 1 heterocycles. The zero-order chi connectivity index (χ0) is 18.4. The molecule has 0 saturated carbocycles. The van der Waals surface area contributed by atoms with E-state index in [0.29, 0.717) is 31.9 Å². The number of primary amides is 1. The number of hydrogen-bond acceptors (Lipinski definition) is 4. The minimum absolute atomic E-state index is 0.0290. The molecule has 0 bridgehead atoms. The third kappa shape index (κ3) is 5.20. The van der Waals surface area contributed by atoms with Crippen molar-refractivity contribution in [3.63, 3.8) is 0 Å². The number of para-hydroxylation sites is 1. The third-order valence-electron chi connectivity index (χ3n) is 4.17. The second kappa shape index (κ2) is 8.00. The lowest BCUT2D eigenvalue weighted by atomic mass is 9.88.